The fourth-order valence-corrected chi connectivity index (χ4v) is 8.69. The molecule has 5 aliphatic rings. The molecule has 9 unspecified atom stereocenters. The minimum absolute atomic E-state index is 0.0769. The van der Waals surface area contributed by atoms with Gasteiger partial charge in [-0.25, -0.2) is 4.79 Å². The monoisotopic (exact) mass is 414 g/mol. The molecule has 0 aromatic carbocycles. The lowest BCUT2D eigenvalue weighted by Gasteiger charge is -2.62. The van der Waals surface area contributed by atoms with Gasteiger partial charge in [0.1, 0.15) is 11.9 Å². The van der Waals surface area contributed by atoms with Gasteiger partial charge in [-0.3, -0.25) is 0 Å². The van der Waals surface area contributed by atoms with Gasteiger partial charge in [0.2, 0.25) is 0 Å². The smallest absolute Gasteiger partial charge is 0.335 e. The second-order valence-corrected chi connectivity index (χ2v) is 10.9. The van der Waals surface area contributed by atoms with Crippen LogP contribution in [0.4, 0.5) is 0 Å². The third-order valence-electron chi connectivity index (χ3n) is 10.1. The molecule has 4 saturated carbocycles. The summed E-state index contributed by atoms with van der Waals surface area (Å²) in [6.45, 7) is 2.31. The van der Waals surface area contributed by atoms with Gasteiger partial charge < -0.3 is 24.2 Å². The molecular formula is C24H30O6. The predicted molar refractivity (Wildman–Crippen MR) is 107 cm³/mol. The molecule has 2 N–H and O–H groups in total. The molecule has 5 fully saturated rings. The molecule has 2 heterocycles. The number of carbonyl (C=O) groups is 1. The van der Waals surface area contributed by atoms with E-state index in [2.05, 4.69) is 6.92 Å². The summed E-state index contributed by atoms with van der Waals surface area (Å²) in [5.74, 6) is 0.595. The minimum Gasteiger partial charge on any atom is -0.431 e. The number of hydrogen-bond donors (Lipinski definition) is 2. The first-order valence-corrected chi connectivity index (χ1v) is 11.4. The van der Waals surface area contributed by atoms with Gasteiger partial charge >= 0.3 is 5.63 Å². The van der Waals surface area contributed by atoms with Crippen LogP contribution in [0.3, 0.4) is 0 Å². The number of aliphatic hydroxyl groups is 2. The van der Waals surface area contributed by atoms with E-state index >= 15 is 0 Å². The lowest BCUT2D eigenvalue weighted by Crippen LogP contribution is -2.66. The zero-order valence-electron chi connectivity index (χ0n) is 17.4. The summed E-state index contributed by atoms with van der Waals surface area (Å²) in [4.78, 5) is 24.0. The molecule has 0 amide bonds. The van der Waals surface area contributed by atoms with Crippen LogP contribution in [0.5, 0.6) is 0 Å². The van der Waals surface area contributed by atoms with Crippen molar-refractivity contribution < 1.29 is 24.2 Å². The Hall–Kier alpha value is -1.50. The van der Waals surface area contributed by atoms with Gasteiger partial charge in [-0.15, -0.1) is 0 Å². The second-order valence-electron chi connectivity index (χ2n) is 10.9. The van der Waals surface area contributed by atoms with Crippen LogP contribution in [0.25, 0.3) is 0 Å². The van der Waals surface area contributed by atoms with Crippen molar-refractivity contribution in [2.75, 3.05) is 0 Å². The van der Waals surface area contributed by atoms with Gasteiger partial charge in [0, 0.05) is 17.9 Å². The molecule has 1 aromatic rings. The van der Waals surface area contributed by atoms with E-state index < -0.39 is 17.1 Å². The van der Waals surface area contributed by atoms with Crippen LogP contribution in [-0.4, -0.2) is 39.9 Å². The fourth-order valence-electron chi connectivity index (χ4n) is 8.69. The molecule has 162 valence electrons. The predicted octanol–water partition coefficient (Wildman–Crippen LogP) is 2.55. The van der Waals surface area contributed by atoms with E-state index in [1.165, 1.54) is 6.07 Å². The Kier molecular flexibility index (Phi) is 3.74. The third kappa shape index (κ3) is 2.06. The van der Waals surface area contributed by atoms with Crippen LogP contribution < -0.4 is 5.63 Å². The average molecular weight is 414 g/mol. The average Bonchev–Trinajstić information content (AvgIpc) is 3.38. The summed E-state index contributed by atoms with van der Waals surface area (Å²) in [5.41, 5.74) is -1.50. The Labute approximate surface area is 175 Å². The molecular weight excluding hydrogens is 384 g/mol. The number of hydrogen-bond acceptors (Lipinski definition) is 6. The first kappa shape index (κ1) is 19.2. The molecule has 6 rings (SSSR count). The summed E-state index contributed by atoms with van der Waals surface area (Å²) in [5, 5.41) is 21.8. The number of fused-ring (bicyclic) bond motifs is 3. The van der Waals surface area contributed by atoms with E-state index in [0.29, 0.717) is 25.7 Å². The fraction of sp³-hybridized carbons (Fsp3) is 0.750. The molecule has 6 nitrogen and oxygen atoms in total. The zero-order chi connectivity index (χ0) is 20.9. The molecule has 1 aromatic heterocycles. The van der Waals surface area contributed by atoms with Crippen molar-refractivity contribution in [3.05, 3.63) is 34.4 Å². The maximum Gasteiger partial charge on any atom is 0.335 e. The SMILES string of the molecule is CC12CCC3C(CCC4(O)CC(O)CCC34C=O)C13OC3CC2c1ccc(=O)oc1. The van der Waals surface area contributed by atoms with Crippen molar-refractivity contribution in [3.63, 3.8) is 0 Å². The summed E-state index contributed by atoms with van der Waals surface area (Å²) < 4.78 is 11.7. The molecule has 0 radical (unpaired) electrons. The highest BCUT2D eigenvalue weighted by atomic mass is 16.6. The Bertz CT molecular complexity index is 937. The lowest BCUT2D eigenvalue weighted by molar-refractivity contribution is -0.218. The van der Waals surface area contributed by atoms with Crippen molar-refractivity contribution >= 4 is 6.29 Å². The van der Waals surface area contributed by atoms with Crippen molar-refractivity contribution in [1.29, 1.82) is 0 Å². The molecule has 1 aliphatic heterocycles. The van der Waals surface area contributed by atoms with Gasteiger partial charge in [-0.1, -0.05) is 6.92 Å². The summed E-state index contributed by atoms with van der Waals surface area (Å²) in [6.07, 6.45) is 7.78. The van der Waals surface area contributed by atoms with E-state index in [0.717, 1.165) is 37.5 Å². The maximum absolute atomic E-state index is 12.6. The molecule has 1 saturated heterocycles. The number of ether oxygens (including phenoxy) is 1. The molecule has 0 bridgehead atoms. The molecule has 4 aliphatic carbocycles. The van der Waals surface area contributed by atoms with Crippen molar-refractivity contribution in [2.45, 2.75) is 87.6 Å². The minimum atomic E-state index is -1.11. The van der Waals surface area contributed by atoms with Crippen molar-refractivity contribution in [1.82, 2.24) is 0 Å². The summed E-state index contributed by atoms with van der Waals surface area (Å²) in [7, 11) is 0. The van der Waals surface area contributed by atoms with Gasteiger partial charge in [0.25, 0.3) is 0 Å². The van der Waals surface area contributed by atoms with Crippen LogP contribution in [0.1, 0.15) is 69.8 Å². The van der Waals surface area contributed by atoms with Crippen LogP contribution >= 0.6 is 0 Å². The summed E-state index contributed by atoms with van der Waals surface area (Å²) in [6, 6.07) is 3.39. The zero-order valence-corrected chi connectivity index (χ0v) is 17.4. The van der Waals surface area contributed by atoms with Crippen molar-refractivity contribution in [3.8, 4) is 0 Å². The summed E-state index contributed by atoms with van der Waals surface area (Å²) >= 11 is 0. The number of aldehydes is 1. The number of aliphatic hydroxyl groups excluding tert-OH is 1. The van der Waals surface area contributed by atoms with E-state index in [-0.39, 0.29) is 40.5 Å². The quantitative estimate of drug-likeness (QED) is 0.570. The van der Waals surface area contributed by atoms with Crippen LogP contribution in [-0.2, 0) is 9.53 Å². The highest BCUT2D eigenvalue weighted by molar-refractivity contribution is 5.64. The van der Waals surface area contributed by atoms with E-state index in [9.17, 15) is 19.8 Å². The maximum atomic E-state index is 12.6. The molecule has 30 heavy (non-hydrogen) atoms. The Morgan fingerprint density at radius 3 is 2.67 bits per heavy atom. The first-order chi connectivity index (χ1) is 14.3. The van der Waals surface area contributed by atoms with E-state index in [4.69, 9.17) is 9.15 Å². The van der Waals surface area contributed by atoms with Crippen LogP contribution in [0.2, 0.25) is 0 Å². The Morgan fingerprint density at radius 1 is 1.13 bits per heavy atom. The standard InChI is InChI=1S/C24H30O6/c1-21-7-5-16-17(6-9-23(28)11-15(26)4-8-22(16,23)13-25)24(21)19(30-24)10-18(21)14-2-3-20(27)29-12-14/h2-3,12-13,15-19,26,28H,4-11H2,1H3. The number of epoxide rings is 1. The van der Waals surface area contributed by atoms with E-state index in [1.807, 2.05) is 6.07 Å². The molecule has 1 spiro atoms. The van der Waals surface area contributed by atoms with Gasteiger partial charge in [-0.05, 0) is 74.3 Å². The highest BCUT2D eigenvalue weighted by Gasteiger charge is 2.81. The highest BCUT2D eigenvalue weighted by Crippen LogP contribution is 2.78. The van der Waals surface area contributed by atoms with Crippen molar-refractivity contribution in [2.24, 2.45) is 22.7 Å². The number of rotatable bonds is 2. The molecule has 9 atom stereocenters. The van der Waals surface area contributed by atoms with E-state index in [1.54, 1.807) is 6.26 Å². The lowest BCUT2D eigenvalue weighted by atomic mass is 9.42. The van der Waals surface area contributed by atoms with Crippen LogP contribution in [0, 0.1) is 22.7 Å². The molecule has 6 heteroatoms. The second kappa shape index (κ2) is 5.84. The largest absolute Gasteiger partial charge is 0.431 e. The third-order valence-corrected chi connectivity index (χ3v) is 10.1. The number of carbonyl (C=O) groups excluding carboxylic acids is 1. The topological polar surface area (TPSA) is 100 Å². The normalized spacial score (nSPS) is 53.8. The van der Waals surface area contributed by atoms with Gasteiger partial charge in [0.15, 0.2) is 0 Å². The Morgan fingerprint density at radius 2 is 1.93 bits per heavy atom. The van der Waals surface area contributed by atoms with Gasteiger partial charge in [0.05, 0.1) is 29.5 Å². The van der Waals surface area contributed by atoms with Crippen LogP contribution in [0.15, 0.2) is 27.6 Å². The first-order valence-electron chi connectivity index (χ1n) is 11.4. The van der Waals surface area contributed by atoms with Gasteiger partial charge in [-0.2, -0.15) is 0 Å². The Balaban J connectivity index is 1.39.